The molecule has 0 aliphatic heterocycles. The van der Waals surface area contributed by atoms with E-state index in [1.807, 2.05) is 48.3 Å². The molecule has 0 saturated heterocycles. The van der Waals surface area contributed by atoms with E-state index in [-0.39, 0.29) is 0 Å². The van der Waals surface area contributed by atoms with Gasteiger partial charge in [0, 0.05) is 25.5 Å². The topological polar surface area (TPSA) is 55.0 Å². The molecule has 4 nitrogen and oxygen atoms in total. The number of hydrogen-bond donors (Lipinski definition) is 1. The van der Waals surface area contributed by atoms with Crippen LogP contribution >= 0.6 is 0 Å². The Kier molecular flexibility index (Phi) is 3.12. The Balaban J connectivity index is 2.24. The largest absolute Gasteiger partial charge is 0.328 e. The highest BCUT2D eigenvalue weighted by molar-refractivity contribution is 5.58. The Hall–Kier alpha value is -1.94. The number of aromatic nitrogens is 2. The van der Waals surface area contributed by atoms with Crippen molar-refractivity contribution in [2.24, 2.45) is 5.73 Å². The molecule has 0 aliphatic rings. The normalized spacial score (nSPS) is 10.1. The zero-order valence-electron chi connectivity index (χ0n) is 9.17. The summed E-state index contributed by atoms with van der Waals surface area (Å²) in [6.07, 6.45) is 1.66. The highest BCUT2D eigenvalue weighted by Crippen LogP contribution is 2.20. The fourth-order valence-electron chi connectivity index (χ4n) is 1.46. The zero-order valence-corrected chi connectivity index (χ0v) is 9.17. The van der Waals surface area contributed by atoms with Gasteiger partial charge >= 0.3 is 0 Å². The first-order valence-corrected chi connectivity index (χ1v) is 5.11. The third kappa shape index (κ3) is 2.17. The number of benzene rings is 1. The summed E-state index contributed by atoms with van der Waals surface area (Å²) in [6, 6.07) is 11.9. The van der Waals surface area contributed by atoms with Crippen molar-refractivity contribution in [3.63, 3.8) is 0 Å². The zero-order chi connectivity index (χ0) is 11.4. The standard InChI is InChI=1S/C12H14N4/c1-16(12-3-2-8-14-15-12)11-6-4-10(9-13)5-7-11/h2-8H,9,13H2,1H3. The minimum Gasteiger partial charge on any atom is -0.328 e. The van der Waals surface area contributed by atoms with E-state index in [9.17, 15) is 0 Å². The van der Waals surface area contributed by atoms with E-state index in [0.717, 1.165) is 17.1 Å². The Morgan fingerprint density at radius 3 is 2.50 bits per heavy atom. The van der Waals surface area contributed by atoms with Gasteiger partial charge in [-0.2, -0.15) is 5.10 Å². The van der Waals surface area contributed by atoms with Crippen LogP contribution in [0.3, 0.4) is 0 Å². The van der Waals surface area contributed by atoms with Gasteiger partial charge in [-0.1, -0.05) is 12.1 Å². The summed E-state index contributed by atoms with van der Waals surface area (Å²) in [4.78, 5) is 1.98. The van der Waals surface area contributed by atoms with Gasteiger partial charge in [0.1, 0.15) is 0 Å². The molecule has 2 N–H and O–H groups in total. The van der Waals surface area contributed by atoms with Crippen LogP contribution in [0.25, 0.3) is 0 Å². The lowest BCUT2D eigenvalue weighted by Crippen LogP contribution is -2.11. The molecule has 0 radical (unpaired) electrons. The van der Waals surface area contributed by atoms with E-state index in [4.69, 9.17) is 5.73 Å². The maximum atomic E-state index is 5.55. The minimum absolute atomic E-state index is 0.565. The molecular weight excluding hydrogens is 200 g/mol. The minimum atomic E-state index is 0.565. The van der Waals surface area contributed by atoms with Gasteiger partial charge in [-0.25, -0.2) is 0 Å². The molecule has 0 aliphatic carbocycles. The number of rotatable bonds is 3. The third-order valence-electron chi connectivity index (χ3n) is 2.46. The molecule has 2 rings (SSSR count). The van der Waals surface area contributed by atoms with Crippen LogP contribution in [0.1, 0.15) is 5.56 Å². The fraction of sp³-hybridized carbons (Fsp3) is 0.167. The molecule has 0 spiro atoms. The maximum Gasteiger partial charge on any atom is 0.155 e. The van der Waals surface area contributed by atoms with E-state index in [1.54, 1.807) is 6.20 Å². The van der Waals surface area contributed by atoms with Crippen molar-refractivity contribution in [2.45, 2.75) is 6.54 Å². The van der Waals surface area contributed by atoms with Crippen LogP contribution in [0, 0.1) is 0 Å². The number of hydrogen-bond acceptors (Lipinski definition) is 4. The summed E-state index contributed by atoms with van der Waals surface area (Å²) in [5, 5.41) is 7.90. The molecule has 0 amide bonds. The molecule has 82 valence electrons. The van der Waals surface area contributed by atoms with Crippen LogP contribution in [0.2, 0.25) is 0 Å². The van der Waals surface area contributed by atoms with Gasteiger partial charge in [0.2, 0.25) is 0 Å². The van der Waals surface area contributed by atoms with Crippen molar-refractivity contribution in [1.29, 1.82) is 0 Å². The lowest BCUT2D eigenvalue weighted by Gasteiger charge is -2.17. The molecule has 1 aromatic carbocycles. The number of anilines is 2. The van der Waals surface area contributed by atoms with Gasteiger partial charge in [0.05, 0.1) is 0 Å². The SMILES string of the molecule is CN(c1ccc(CN)cc1)c1cccnn1. The van der Waals surface area contributed by atoms with Crippen molar-refractivity contribution < 1.29 is 0 Å². The number of nitrogens with two attached hydrogens (primary N) is 1. The van der Waals surface area contributed by atoms with Gasteiger partial charge in [-0.3, -0.25) is 0 Å². The van der Waals surface area contributed by atoms with Crippen LogP contribution in [0.5, 0.6) is 0 Å². The predicted molar refractivity (Wildman–Crippen MR) is 64.4 cm³/mol. The average molecular weight is 214 g/mol. The first-order valence-electron chi connectivity index (χ1n) is 5.11. The first kappa shape index (κ1) is 10.6. The Labute approximate surface area is 94.7 Å². The van der Waals surface area contributed by atoms with E-state index in [0.29, 0.717) is 6.54 Å². The molecule has 1 heterocycles. The van der Waals surface area contributed by atoms with Crippen molar-refractivity contribution in [2.75, 3.05) is 11.9 Å². The second kappa shape index (κ2) is 4.72. The van der Waals surface area contributed by atoms with E-state index >= 15 is 0 Å². The molecule has 1 aromatic heterocycles. The highest BCUT2D eigenvalue weighted by Gasteiger charge is 2.04. The molecule has 0 fully saturated rings. The van der Waals surface area contributed by atoms with Crippen LogP contribution in [-0.2, 0) is 6.54 Å². The molecule has 0 saturated carbocycles. The van der Waals surface area contributed by atoms with Crippen LogP contribution in [-0.4, -0.2) is 17.2 Å². The molecule has 0 unspecified atom stereocenters. The van der Waals surface area contributed by atoms with E-state index in [1.165, 1.54) is 0 Å². The molecular formula is C12H14N4. The summed E-state index contributed by atoms with van der Waals surface area (Å²) >= 11 is 0. The third-order valence-corrected chi connectivity index (χ3v) is 2.46. The summed E-state index contributed by atoms with van der Waals surface area (Å²) in [7, 11) is 1.96. The summed E-state index contributed by atoms with van der Waals surface area (Å²) in [5.74, 6) is 0.822. The van der Waals surface area contributed by atoms with Gasteiger partial charge in [-0.15, -0.1) is 5.10 Å². The fourth-order valence-corrected chi connectivity index (χ4v) is 1.46. The Morgan fingerprint density at radius 1 is 1.19 bits per heavy atom. The predicted octanol–water partition coefficient (Wildman–Crippen LogP) is 1.70. The summed E-state index contributed by atoms with van der Waals surface area (Å²) in [5.41, 5.74) is 7.74. The van der Waals surface area contributed by atoms with E-state index < -0.39 is 0 Å². The van der Waals surface area contributed by atoms with Gasteiger partial charge in [0.25, 0.3) is 0 Å². The molecule has 4 heteroatoms. The van der Waals surface area contributed by atoms with Gasteiger partial charge in [0.15, 0.2) is 5.82 Å². The quantitative estimate of drug-likeness (QED) is 0.845. The van der Waals surface area contributed by atoms with E-state index in [2.05, 4.69) is 10.2 Å². The molecule has 2 aromatic rings. The van der Waals surface area contributed by atoms with Crippen molar-refractivity contribution in [3.8, 4) is 0 Å². The maximum absolute atomic E-state index is 5.55. The second-order valence-corrected chi connectivity index (χ2v) is 3.51. The van der Waals surface area contributed by atoms with Crippen molar-refractivity contribution in [3.05, 3.63) is 48.2 Å². The monoisotopic (exact) mass is 214 g/mol. The van der Waals surface area contributed by atoms with Crippen LogP contribution in [0.4, 0.5) is 11.5 Å². The number of nitrogens with zero attached hydrogens (tertiary/aromatic N) is 3. The molecule has 0 atom stereocenters. The first-order chi connectivity index (χ1) is 7.81. The van der Waals surface area contributed by atoms with Crippen molar-refractivity contribution in [1.82, 2.24) is 10.2 Å². The Bertz CT molecular complexity index is 438. The summed E-state index contributed by atoms with van der Waals surface area (Å²) in [6.45, 7) is 0.565. The molecule has 0 bridgehead atoms. The smallest absolute Gasteiger partial charge is 0.155 e. The van der Waals surface area contributed by atoms with Gasteiger partial charge in [-0.05, 0) is 29.8 Å². The van der Waals surface area contributed by atoms with Gasteiger partial charge < -0.3 is 10.6 Å². The highest BCUT2D eigenvalue weighted by atomic mass is 15.2. The van der Waals surface area contributed by atoms with Crippen molar-refractivity contribution >= 4 is 11.5 Å². The lowest BCUT2D eigenvalue weighted by molar-refractivity contribution is 0.986. The Morgan fingerprint density at radius 2 is 1.94 bits per heavy atom. The average Bonchev–Trinajstić information content (AvgIpc) is 2.39. The second-order valence-electron chi connectivity index (χ2n) is 3.51. The van der Waals surface area contributed by atoms with Crippen LogP contribution in [0.15, 0.2) is 42.6 Å². The van der Waals surface area contributed by atoms with Crippen LogP contribution < -0.4 is 10.6 Å². The lowest BCUT2D eigenvalue weighted by atomic mass is 10.2. The molecule has 16 heavy (non-hydrogen) atoms. The summed E-state index contributed by atoms with van der Waals surface area (Å²) < 4.78 is 0.